The van der Waals surface area contributed by atoms with Gasteiger partial charge in [0.1, 0.15) is 0 Å². The Kier molecular flexibility index (Phi) is 8.03. The van der Waals surface area contributed by atoms with E-state index in [-0.39, 0.29) is 5.41 Å². The molecule has 0 unspecified atom stereocenters. The predicted octanol–water partition coefficient (Wildman–Crippen LogP) is 2.61. The molecule has 0 aromatic rings. The zero-order valence-electron chi connectivity index (χ0n) is 13.9. The first kappa shape index (κ1) is 17.9. The quantitative estimate of drug-likeness (QED) is 0.627. The van der Waals surface area contributed by atoms with Crippen LogP contribution in [0.4, 0.5) is 0 Å². The van der Waals surface area contributed by atoms with Gasteiger partial charge in [-0.25, -0.2) is 0 Å². The Bertz CT molecular complexity index is 245. The van der Waals surface area contributed by atoms with E-state index in [0.717, 1.165) is 32.6 Å². The van der Waals surface area contributed by atoms with Crippen molar-refractivity contribution in [3.05, 3.63) is 0 Å². The van der Waals surface area contributed by atoms with E-state index >= 15 is 0 Å². The van der Waals surface area contributed by atoms with Crippen LogP contribution in [-0.2, 0) is 14.2 Å². The van der Waals surface area contributed by atoms with Gasteiger partial charge in [0.15, 0.2) is 0 Å². The van der Waals surface area contributed by atoms with Gasteiger partial charge in [-0.3, -0.25) is 0 Å². The summed E-state index contributed by atoms with van der Waals surface area (Å²) in [6.45, 7) is 14.7. The Morgan fingerprint density at radius 1 is 1.00 bits per heavy atom. The first-order valence-corrected chi connectivity index (χ1v) is 7.91. The van der Waals surface area contributed by atoms with E-state index in [2.05, 4.69) is 39.9 Å². The van der Waals surface area contributed by atoms with Crippen molar-refractivity contribution in [1.29, 1.82) is 0 Å². The lowest BCUT2D eigenvalue weighted by Gasteiger charge is -2.35. The Balaban J connectivity index is 1.85. The van der Waals surface area contributed by atoms with Crippen molar-refractivity contribution in [2.45, 2.75) is 65.7 Å². The lowest BCUT2D eigenvalue weighted by molar-refractivity contribution is -0.110. The van der Waals surface area contributed by atoms with Gasteiger partial charge in [0.25, 0.3) is 0 Å². The number of hydrogen-bond donors (Lipinski definition) is 1. The maximum Gasteiger partial charge on any atom is 0.0704 e. The van der Waals surface area contributed by atoms with E-state index in [1.807, 2.05) is 0 Å². The molecule has 0 radical (unpaired) electrons. The van der Waals surface area contributed by atoms with Gasteiger partial charge in [0, 0.05) is 12.6 Å². The second kappa shape index (κ2) is 8.98. The largest absolute Gasteiger partial charge is 0.379 e. The lowest BCUT2D eigenvalue weighted by atomic mass is 9.92. The van der Waals surface area contributed by atoms with Crippen molar-refractivity contribution in [3.63, 3.8) is 0 Å². The molecule has 1 saturated carbocycles. The van der Waals surface area contributed by atoms with Gasteiger partial charge in [-0.15, -0.1) is 0 Å². The fourth-order valence-corrected chi connectivity index (χ4v) is 2.01. The molecule has 4 nitrogen and oxygen atoms in total. The number of rotatable bonds is 10. The summed E-state index contributed by atoms with van der Waals surface area (Å²) in [5, 5.41) is 3.35. The molecule has 0 aliphatic heterocycles. The van der Waals surface area contributed by atoms with Crippen LogP contribution < -0.4 is 5.32 Å². The normalized spacial score (nSPS) is 23.1. The maximum atomic E-state index is 5.76. The summed E-state index contributed by atoms with van der Waals surface area (Å²) in [7, 11) is 0. The first-order valence-electron chi connectivity index (χ1n) is 7.91. The van der Waals surface area contributed by atoms with Crippen molar-refractivity contribution in [1.82, 2.24) is 5.32 Å². The molecule has 0 heterocycles. The second-order valence-corrected chi connectivity index (χ2v) is 7.18. The van der Waals surface area contributed by atoms with Crippen LogP contribution in [0.25, 0.3) is 0 Å². The summed E-state index contributed by atoms with van der Waals surface area (Å²) in [5.41, 5.74) is 0.236. The Morgan fingerprint density at radius 2 is 1.60 bits per heavy atom. The molecular weight excluding hydrogens is 254 g/mol. The Morgan fingerprint density at radius 3 is 2.15 bits per heavy atom. The highest BCUT2D eigenvalue weighted by molar-refractivity contribution is 4.81. The van der Waals surface area contributed by atoms with Gasteiger partial charge in [-0.1, -0.05) is 34.6 Å². The number of ether oxygens (including phenoxy) is 3. The monoisotopic (exact) mass is 287 g/mol. The van der Waals surface area contributed by atoms with Crippen LogP contribution in [0.1, 0.15) is 47.5 Å². The zero-order chi connectivity index (χ0) is 15.0. The molecule has 0 aromatic carbocycles. The van der Waals surface area contributed by atoms with Crippen LogP contribution >= 0.6 is 0 Å². The molecule has 1 aliphatic rings. The van der Waals surface area contributed by atoms with E-state index < -0.39 is 0 Å². The molecule has 1 rings (SSSR count). The van der Waals surface area contributed by atoms with Crippen LogP contribution in [0, 0.1) is 5.41 Å². The molecule has 1 N–H and O–H groups in total. The van der Waals surface area contributed by atoms with Gasteiger partial charge < -0.3 is 19.5 Å². The molecule has 0 atom stereocenters. The van der Waals surface area contributed by atoms with E-state index in [4.69, 9.17) is 14.2 Å². The van der Waals surface area contributed by atoms with E-state index in [9.17, 15) is 0 Å². The van der Waals surface area contributed by atoms with Gasteiger partial charge >= 0.3 is 0 Å². The zero-order valence-corrected chi connectivity index (χ0v) is 13.9. The van der Waals surface area contributed by atoms with Gasteiger partial charge in [0.2, 0.25) is 0 Å². The standard InChI is InChI=1S/C16H33NO3/c1-13(2)17-6-7-19-14-10-15(11-14)20-9-8-18-12-16(3,4)5/h13-15,17H,6-12H2,1-5H3. The maximum absolute atomic E-state index is 5.76. The summed E-state index contributed by atoms with van der Waals surface area (Å²) in [5.74, 6) is 0. The second-order valence-electron chi connectivity index (χ2n) is 7.18. The fourth-order valence-electron chi connectivity index (χ4n) is 2.01. The lowest BCUT2D eigenvalue weighted by Crippen LogP contribution is -2.39. The SMILES string of the molecule is CC(C)NCCOC1CC(OCCOCC(C)(C)C)C1. The molecule has 0 bridgehead atoms. The van der Waals surface area contributed by atoms with Crippen molar-refractivity contribution < 1.29 is 14.2 Å². The highest BCUT2D eigenvalue weighted by Crippen LogP contribution is 2.26. The molecule has 4 heteroatoms. The molecule has 120 valence electrons. The highest BCUT2D eigenvalue weighted by atomic mass is 16.5. The van der Waals surface area contributed by atoms with Crippen molar-refractivity contribution in [2.24, 2.45) is 5.41 Å². The van der Waals surface area contributed by atoms with Crippen LogP contribution in [0.15, 0.2) is 0 Å². The molecule has 0 saturated heterocycles. The van der Waals surface area contributed by atoms with Crippen molar-refractivity contribution in [2.75, 3.05) is 33.0 Å². The average molecular weight is 287 g/mol. The third-order valence-electron chi connectivity index (χ3n) is 3.18. The van der Waals surface area contributed by atoms with Crippen LogP contribution in [0.5, 0.6) is 0 Å². The van der Waals surface area contributed by atoms with Gasteiger partial charge in [-0.05, 0) is 18.3 Å². The minimum absolute atomic E-state index is 0.236. The number of nitrogens with one attached hydrogen (secondary N) is 1. The van der Waals surface area contributed by atoms with Crippen molar-refractivity contribution in [3.8, 4) is 0 Å². The smallest absolute Gasteiger partial charge is 0.0704 e. The molecule has 0 aromatic heterocycles. The molecule has 1 aliphatic carbocycles. The van der Waals surface area contributed by atoms with Gasteiger partial charge in [-0.2, -0.15) is 0 Å². The molecule has 0 spiro atoms. The Hall–Kier alpha value is -0.160. The van der Waals surface area contributed by atoms with Crippen LogP contribution in [0.2, 0.25) is 0 Å². The first-order chi connectivity index (χ1) is 9.37. The van der Waals surface area contributed by atoms with Crippen molar-refractivity contribution >= 4 is 0 Å². The molecular formula is C16H33NO3. The summed E-state index contributed by atoms with van der Waals surface area (Å²) in [4.78, 5) is 0. The summed E-state index contributed by atoms with van der Waals surface area (Å²) >= 11 is 0. The average Bonchev–Trinajstić information content (AvgIpc) is 2.27. The van der Waals surface area contributed by atoms with Crippen LogP contribution in [-0.4, -0.2) is 51.2 Å². The molecule has 0 amide bonds. The molecule has 20 heavy (non-hydrogen) atoms. The topological polar surface area (TPSA) is 39.7 Å². The fraction of sp³-hybridized carbons (Fsp3) is 1.00. The van der Waals surface area contributed by atoms with Gasteiger partial charge in [0.05, 0.1) is 38.6 Å². The van der Waals surface area contributed by atoms with Crippen LogP contribution in [0.3, 0.4) is 0 Å². The number of hydrogen-bond acceptors (Lipinski definition) is 4. The minimum Gasteiger partial charge on any atom is -0.379 e. The summed E-state index contributed by atoms with van der Waals surface area (Å²) in [6, 6.07) is 0.532. The van der Waals surface area contributed by atoms with E-state index in [1.165, 1.54) is 0 Å². The molecule has 1 fully saturated rings. The highest BCUT2D eigenvalue weighted by Gasteiger charge is 2.30. The predicted molar refractivity (Wildman–Crippen MR) is 82.1 cm³/mol. The van der Waals surface area contributed by atoms with E-state index in [1.54, 1.807) is 0 Å². The minimum atomic E-state index is 0.236. The Labute approximate surface area is 124 Å². The van der Waals surface area contributed by atoms with E-state index in [0.29, 0.717) is 31.5 Å². The third-order valence-corrected chi connectivity index (χ3v) is 3.18. The summed E-state index contributed by atoms with van der Waals surface area (Å²) < 4.78 is 17.1. The third kappa shape index (κ3) is 8.90. The summed E-state index contributed by atoms with van der Waals surface area (Å²) in [6.07, 6.45) is 2.82.